The molecule has 7 nitrogen and oxygen atoms in total. The maximum absolute atomic E-state index is 11.6. The lowest BCUT2D eigenvalue weighted by Crippen LogP contribution is -2.27. The number of rotatable bonds is 5. The van der Waals surface area contributed by atoms with Crippen molar-refractivity contribution in [1.29, 1.82) is 0 Å². The highest BCUT2D eigenvalue weighted by Gasteiger charge is 2.22. The van der Waals surface area contributed by atoms with Crippen LogP contribution in [0.4, 0.5) is 5.69 Å². The summed E-state index contributed by atoms with van der Waals surface area (Å²) in [6.07, 6.45) is 7.70. The summed E-state index contributed by atoms with van der Waals surface area (Å²) >= 11 is 0. The number of hydrogen-bond acceptors (Lipinski definition) is 5. The smallest absolute Gasteiger partial charge is 0.344 e. The second-order valence-corrected chi connectivity index (χ2v) is 7.02. The SMILES string of the molecule is NC1=NS(=O)(=O)Nc2cccc(C=CCCOC3CCCCO3)c21. The first kappa shape index (κ1) is 16.9. The van der Waals surface area contributed by atoms with Gasteiger partial charge in [-0.05, 0) is 37.3 Å². The third-order valence-electron chi connectivity index (χ3n) is 3.83. The van der Waals surface area contributed by atoms with Crippen LogP contribution >= 0.6 is 0 Å². The molecular formula is C16H21N3O4S. The molecule has 0 amide bonds. The Morgan fingerprint density at radius 2 is 2.29 bits per heavy atom. The number of fused-ring (bicyclic) bond motifs is 1. The van der Waals surface area contributed by atoms with Gasteiger partial charge in [-0.1, -0.05) is 24.3 Å². The molecule has 1 atom stereocenters. The fourth-order valence-electron chi connectivity index (χ4n) is 2.74. The fourth-order valence-corrected chi connectivity index (χ4v) is 3.58. The maximum atomic E-state index is 11.6. The molecule has 2 aliphatic heterocycles. The summed E-state index contributed by atoms with van der Waals surface area (Å²) in [5.74, 6) is -0.00384. The number of hydrogen-bond donors (Lipinski definition) is 2. The molecule has 24 heavy (non-hydrogen) atoms. The maximum Gasteiger partial charge on any atom is 0.344 e. The molecule has 0 aliphatic carbocycles. The minimum Gasteiger partial charge on any atom is -0.382 e. The molecule has 0 saturated carbocycles. The number of nitrogens with one attached hydrogen (secondary N) is 1. The summed E-state index contributed by atoms with van der Waals surface area (Å²) in [5, 5.41) is 0. The van der Waals surface area contributed by atoms with Crippen LogP contribution < -0.4 is 10.5 Å². The molecule has 2 heterocycles. The van der Waals surface area contributed by atoms with Gasteiger partial charge in [-0.15, -0.1) is 4.40 Å². The van der Waals surface area contributed by atoms with Gasteiger partial charge in [0, 0.05) is 12.2 Å². The van der Waals surface area contributed by atoms with E-state index in [0.29, 0.717) is 17.9 Å². The Morgan fingerprint density at radius 3 is 3.08 bits per heavy atom. The average molecular weight is 351 g/mol. The van der Waals surface area contributed by atoms with Gasteiger partial charge in [0.2, 0.25) is 0 Å². The minimum atomic E-state index is -3.75. The van der Waals surface area contributed by atoms with Crippen LogP contribution in [0, 0.1) is 0 Å². The predicted octanol–water partition coefficient (Wildman–Crippen LogP) is 2.01. The van der Waals surface area contributed by atoms with E-state index in [2.05, 4.69) is 9.12 Å². The summed E-state index contributed by atoms with van der Waals surface area (Å²) in [7, 11) is -3.75. The third-order valence-corrected chi connectivity index (χ3v) is 4.75. The normalized spacial score (nSPS) is 22.7. The van der Waals surface area contributed by atoms with Crippen molar-refractivity contribution in [3.63, 3.8) is 0 Å². The summed E-state index contributed by atoms with van der Waals surface area (Å²) in [6.45, 7) is 1.34. The minimum absolute atomic E-state index is 0.00384. The van der Waals surface area contributed by atoms with Gasteiger partial charge in [0.05, 0.1) is 12.3 Å². The first-order chi connectivity index (χ1) is 11.6. The van der Waals surface area contributed by atoms with Crippen molar-refractivity contribution in [2.24, 2.45) is 10.1 Å². The number of anilines is 1. The molecule has 1 aromatic carbocycles. The van der Waals surface area contributed by atoms with Gasteiger partial charge in [0.25, 0.3) is 0 Å². The molecule has 0 bridgehead atoms. The number of amidine groups is 1. The number of nitrogens with zero attached hydrogens (tertiary/aromatic N) is 1. The van der Waals surface area contributed by atoms with Gasteiger partial charge in [-0.3, -0.25) is 4.72 Å². The van der Waals surface area contributed by atoms with Crippen LogP contribution in [0.15, 0.2) is 28.7 Å². The van der Waals surface area contributed by atoms with E-state index in [0.717, 1.165) is 37.9 Å². The Morgan fingerprint density at radius 1 is 1.42 bits per heavy atom. The molecule has 3 rings (SSSR count). The van der Waals surface area contributed by atoms with Gasteiger partial charge in [0.15, 0.2) is 6.29 Å². The van der Waals surface area contributed by atoms with E-state index < -0.39 is 10.2 Å². The molecule has 8 heteroatoms. The van der Waals surface area contributed by atoms with Crippen LogP contribution in [-0.2, 0) is 19.7 Å². The zero-order chi connectivity index (χ0) is 17.0. The lowest BCUT2D eigenvalue weighted by Gasteiger charge is -2.22. The Kier molecular flexibility index (Phi) is 5.17. The molecule has 1 saturated heterocycles. The summed E-state index contributed by atoms with van der Waals surface area (Å²) in [4.78, 5) is 0. The van der Waals surface area contributed by atoms with Gasteiger partial charge >= 0.3 is 10.2 Å². The van der Waals surface area contributed by atoms with Crippen molar-refractivity contribution in [2.75, 3.05) is 17.9 Å². The molecule has 1 unspecified atom stereocenters. The van der Waals surface area contributed by atoms with Crippen molar-refractivity contribution in [2.45, 2.75) is 32.0 Å². The van der Waals surface area contributed by atoms with E-state index in [1.165, 1.54) is 0 Å². The van der Waals surface area contributed by atoms with Crippen molar-refractivity contribution in [1.82, 2.24) is 0 Å². The highest BCUT2D eigenvalue weighted by molar-refractivity contribution is 7.91. The molecule has 2 aliphatic rings. The van der Waals surface area contributed by atoms with Gasteiger partial charge in [-0.25, -0.2) is 0 Å². The Labute approximate surface area is 141 Å². The highest BCUT2D eigenvalue weighted by atomic mass is 32.2. The van der Waals surface area contributed by atoms with Crippen LogP contribution in [0.25, 0.3) is 6.08 Å². The van der Waals surface area contributed by atoms with Crippen LogP contribution in [0.5, 0.6) is 0 Å². The van der Waals surface area contributed by atoms with Gasteiger partial charge < -0.3 is 15.2 Å². The first-order valence-corrected chi connectivity index (χ1v) is 9.40. The third kappa shape index (κ3) is 4.14. The average Bonchev–Trinajstić information content (AvgIpc) is 2.54. The second-order valence-electron chi connectivity index (χ2n) is 5.68. The Balaban J connectivity index is 1.62. The topological polar surface area (TPSA) is 103 Å². The van der Waals surface area contributed by atoms with Crippen LogP contribution in [0.3, 0.4) is 0 Å². The summed E-state index contributed by atoms with van der Waals surface area (Å²) in [5.41, 5.74) is 7.66. The quantitative estimate of drug-likeness (QED) is 0.790. The number of nitrogens with two attached hydrogens (primary N) is 1. The second kappa shape index (κ2) is 7.33. The van der Waals surface area contributed by atoms with Crippen molar-refractivity contribution in [3.05, 3.63) is 35.4 Å². The van der Waals surface area contributed by atoms with Crippen LogP contribution in [-0.4, -0.2) is 33.8 Å². The molecule has 3 N–H and O–H groups in total. The van der Waals surface area contributed by atoms with Gasteiger partial charge in [-0.2, -0.15) is 8.42 Å². The zero-order valence-electron chi connectivity index (χ0n) is 13.3. The molecule has 1 aromatic rings. The van der Waals surface area contributed by atoms with Crippen LogP contribution in [0.2, 0.25) is 0 Å². The fraction of sp³-hybridized carbons (Fsp3) is 0.438. The molecule has 0 spiro atoms. The predicted molar refractivity (Wildman–Crippen MR) is 92.9 cm³/mol. The summed E-state index contributed by atoms with van der Waals surface area (Å²) in [6, 6.07) is 5.30. The Bertz CT molecular complexity index is 753. The number of ether oxygens (including phenoxy) is 2. The first-order valence-electron chi connectivity index (χ1n) is 7.96. The lowest BCUT2D eigenvalue weighted by molar-refractivity contribution is -0.161. The van der Waals surface area contributed by atoms with Crippen molar-refractivity contribution in [3.8, 4) is 0 Å². The van der Waals surface area contributed by atoms with Gasteiger partial charge in [0.1, 0.15) is 5.84 Å². The molecule has 1 fully saturated rings. The van der Waals surface area contributed by atoms with E-state index in [1.54, 1.807) is 12.1 Å². The van der Waals surface area contributed by atoms with Crippen molar-refractivity contribution < 1.29 is 17.9 Å². The monoisotopic (exact) mass is 351 g/mol. The van der Waals surface area contributed by atoms with Crippen LogP contribution in [0.1, 0.15) is 36.8 Å². The largest absolute Gasteiger partial charge is 0.382 e. The van der Waals surface area contributed by atoms with E-state index in [1.807, 2.05) is 18.2 Å². The molecule has 130 valence electrons. The zero-order valence-corrected chi connectivity index (χ0v) is 14.1. The van der Waals surface area contributed by atoms with E-state index in [4.69, 9.17) is 15.2 Å². The lowest BCUT2D eigenvalue weighted by atomic mass is 10.0. The molecular weight excluding hydrogens is 330 g/mol. The summed E-state index contributed by atoms with van der Waals surface area (Å²) < 4.78 is 40.2. The highest BCUT2D eigenvalue weighted by Crippen LogP contribution is 2.26. The van der Waals surface area contributed by atoms with Crippen molar-refractivity contribution >= 4 is 27.8 Å². The van der Waals surface area contributed by atoms with E-state index in [-0.39, 0.29) is 12.1 Å². The standard InChI is InChI=1S/C16H21N3O4S/c17-16-15-12(7-5-8-13(15)18-24(20,21)19-16)6-1-3-10-22-14-9-2-4-11-23-14/h1,5-8,14,18H,2-4,9-11H2,(H2,17,19). The van der Waals surface area contributed by atoms with E-state index >= 15 is 0 Å². The molecule has 0 aromatic heterocycles. The Hall–Kier alpha value is -1.90. The molecule has 0 radical (unpaired) electrons. The number of benzene rings is 1. The van der Waals surface area contributed by atoms with E-state index in [9.17, 15) is 8.42 Å².